The van der Waals surface area contributed by atoms with Crippen LogP contribution in [-0.2, 0) is 0 Å². The van der Waals surface area contributed by atoms with Crippen molar-refractivity contribution in [2.75, 3.05) is 19.7 Å². The van der Waals surface area contributed by atoms with Crippen molar-refractivity contribution in [3.8, 4) is 0 Å². The summed E-state index contributed by atoms with van der Waals surface area (Å²) < 4.78 is 0. The molecule has 0 spiro atoms. The molecule has 110 valence electrons. The predicted molar refractivity (Wildman–Crippen MR) is 74.1 cm³/mol. The van der Waals surface area contributed by atoms with E-state index in [1.54, 1.807) is 6.92 Å². The Morgan fingerprint density at radius 1 is 0.778 bits per heavy atom. The van der Waals surface area contributed by atoms with Gasteiger partial charge in [-0.1, -0.05) is 44.9 Å². The molecule has 0 aliphatic heterocycles. The van der Waals surface area contributed by atoms with Gasteiger partial charge in [0.25, 0.3) is 0 Å². The second-order valence-electron chi connectivity index (χ2n) is 5.15. The lowest BCUT2D eigenvalue weighted by molar-refractivity contribution is -1.06. The molecule has 0 fully saturated rings. The Kier molecular flexibility index (Phi) is 11.8. The van der Waals surface area contributed by atoms with Crippen LogP contribution in [0, 0.1) is 5.21 Å². The van der Waals surface area contributed by atoms with Crippen LogP contribution in [0.3, 0.4) is 0 Å². The summed E-state index contributed by atoms with van der Waals surface area (Å²) in [6, 6.07) is 0. The number of nitrogens with zero attached hydrogens (tertiary/aromatic N) is 1. The summed E-state index contributed by atoms with van der Waals surface area (Å²) in [4.78, 5) is -1.08. The molecule has 18 heavy (non-hydrogen) atoms. The first-order chi connectivity index (χ1) is 8.62. The molecule has 2 N–H and O–H groups in total. The number of hydrogen-bond donors (Lipinski definition) is 2. The molecule has 0 rings (SSSR count). The van der Waals surface area contributed by atoms with Crippen molar-refractivity contribution in [2.45, 2.75) is 71.1 Å². The van der Waals surface area contributed by atoms with E-state index in [-0.39, 0.29) is 6.54 Å². The van der Waals surface area contributed by atoms with E-state index in [1.807, 2.05) is 0 Å². The zero-order chi connectivity index (χ0) is 13.7. The average Bonchev–Trinajstić information content (AvgIpc) is 2.36. The second-order valence-corrected chi connectivity index (χ2v) is 5.15. The molecule has 0 aromatic carbocycles. The zero-order valence-corrected chi connectivity index (χ0v) is 11.9. The van der Waals surface area contributed by atoms with Crippen LogP contribution in [-0.4, -0.2) is 34.8 Å². The summed E-state index contributed by atoms with van der Waals surface area (Å²) in [5.74, 6) is 0. The third kappa shape index (κ3) is 12.3. The quantitative estimate of drug-likeness (QED) is 0.302. The van der Waals surface area contributed by atoms with Crippen molar-refractivity contribution in [2.24, 2.45) is 0 Å². The maximum Gasteiger partial charge on any atom is 0.108 e. The van der Waals surface area contributed by atoms with Gasteiger partial charge in [-0.25, -0.2) is 10.0 Å². The molecule has 0 aromatic rings. The van der Waals surface area contributed by atoms with Crippen molar-refractivity contribution >= 4 is 0 Å². The summed E-state index contributed by atoms with van der Waals surface area (Å²) in [6.45, 7) is 2.61. The highest BCUT2D eigenvalue weighted by molar-refractivity contribution is 4.48. The van der Waals surface area contributed by atoms with Crippen LogP contribution in [0.2, 0.25) is 0 Å². The lowest BCUT2D eigenvalue weighted by atomic mass is 10.1. The van der Waals surface area contributed by atoms with Crippen LogP contribution in [0.15, 0.2) is 0 Å². The summed E-state index contributed by atoms with van der Waals surface area (Å²) in [7, 11) is 0. The first-order valence-corrected chi connectivity index (χ1v) is 7.54. The fourth-order valence-electron chi connectivity index (χ4n) is 2.04. The second kappa shape index (κ2) is 11.9. The maximum absolute atomic E-state index is 11.2. The highest BCUT2D eigenvalue weighted by Crippen LogP contribution is 2.11. The molecule has 0 bridgehead atoms. The van der Waals surface area contributed by atoms with E-state index < -0.39 is 4.81 Å². The molecule has 0 aromatic heterocycles. The number of aliphatic hydroxyl groups is 1. The van der Waals surface area contributed by atoms with Gasteiger partial charge in [-0.15, -0.1) is 0 Å². The van der Waals surface area contributed by atoms with Gasteiger partial charge in [-0.3, -0.25) is 0 Å². The van der Waals surface area contributed by atoms with Crippen LogP contribution < -0.4 is 0 Å². The molecule has 0 aliphatic rings. The standard InChI is InChI=1S/C14H31NO3/c1-2-15(17,18)13-11-9-7-5-3-4-6-8-10-12-14-16/h16-17H,2-14H2,1H3. The van der Waals surface area contributed by atoms with Gasteiger partial charge in [-0.05, 0) is 26.2 Å². The van der Waals surface area contributed by atoms with E-state index in [1.165, 1.54) is 38.5 Å². The average molecular weight is 261 g/mol. The fourth-order valence-corrected chi connectivity index (χ4v) is 2.04. The van der Waals surface area contributed by atoms with Gasteiger partial charge >= 0.3 is 0 Å². The first-order valence-electron chi connectivity index (χ1n) is 7.54. The van der Waals surface area contributed by atoms with Gasteiger partial charge in [0.1, 0.15) is 13.1 Å². The number of hydroxylamine groups is 4. The fraction of sp³-hybridized carbons (Fsp3) is 1.00. The van der Waals surface area contributed by atoms with Crippen molar-refractivity contribution < 1.29 is 15.1 Å². The number of hydrogen-bond acceptors (Lipinski definition) is 3. The molecule has 4 nitrogen and oxygen atoms in total. The van der Waals surface area contributed by atoms with Crippen molar-refractivity contribution in [1.29, 1.82) is 0 Å². The minimum absolute atomic E-state index is 0.244. The lowest BCUT2D eigenvalue weighted by Crippen LogP contribution is -2.38. The topological polar surface area (TPSA) is 63.5 Å². The van der Waals surface area contributed by atoms with E-state index in [4.69, 9.17) is 5.11 Å². The summed E-state index contributed by atoms with van der Waals surface area (Å²) in [6.07, 6.45) is 11.4. The van der Waals surface area contributed by atoms with Crippen molar-refractivity contribution in [3.05, 3.63) is 5.21 Å². The van der Waals surface area contributed by atoms with Gasteiger partial charge in [0.05, 0.1) is 0 Å². The summed E-state index contributed by atoms with van der Waals surface area (Å²) >= 11 is 0. The van der Waals surface area contributed by atoms with E-state index in [2.05, 4.69) is 0 Å². The SMILES string of the molecule is CC[N+]([O-])(O)CCCCCCCCCCCCO. The molecule has 0 amide bonds. The molecule has 0 radical (unpaired) electrons. The molecular formula is C14H31NO3. The number of rotatable bonds is 13. The predicted octanol–water partition coefficient (Wildman–Crippen LogP) is 3.60. The third-order valence-corrected chi connectivity index (χ3v) is 3.41. The molecule has 4 heteroatoms. The van der Waals surface area contributed by atoms with E-state index in [9.17, 15) is 10.4 Å². The number of aliphatic hydroxyl groups excluding tert-OH is 1. The Hall–Kier alpha value is -0.160. The van der Waals surface area contributed by atoms with E-state index in [0.29, 0.717) is 13.2 Å². The van der Waals surface area contributed by atoms with Gasteiger partial charge in [0.2, 0.25) is 0 Å². The Morgan fingerprint density at radius 3 is 1.56 bits per heavy atom. The smallest absolute Gasteiger partial charge is 0.108 e. The van der Waals surface area contributed by atoms with Crippen LogP contribution in [0.4, 0.5) is 0 Å². The van der Waals surface area contributed by atoms with E-state index >= 15 is 0 Å². The minimum Gasteiger partial charge on any atom is -0.598 e. The van der Waals surface area contributed by atoms with Gasteiger partial charge in [-0.2, -0.15) is 0 Å². The van der Waals surface area contributed by atoms with Gasteiger partial charge in [0, 0.05) is 6.61 Å². The molecule has 0 saturated heterocycles. The highest BCUT2D eigenvalue weighted by Gasteiger charge is 2.08. The molecule has 0 aliphatic carbocycles. The zero-order valence-electron chi connectivity index (χ0n) is 11.9. The summed E-state index contributed by atoms with van der Waals surface area (Å²) in [5.41, 5.74) is 0. The maximum atomic E-state index is 11.2. The van der Waals surface area contributed by atoms with Gasteiger partial charge < -0.3 is 10.3 Å². The lowest BCUT2D eigenvalue weighted by Gasteiger charge is -2.32. The molecule has 0 saturated carbocycles. The van der Waals surface area contributed by atoms with Crippen LogP contribution >= 0.6 is 0 Å². The number of unbranched alkanes of at least 4 members (excludes halogenated alkanes) is 9. The molecule has 1 atom stereocenters. The molecule has 1 unspecified atom stereocenters. The molecular weight excluding hydrogens is 230 g/mol. The van der Waals surface area contributed by atoms with Crippen molar-refractivity contribution in [3.63, 3.8) is 0 Å². The monoisotopic (exact) mass is 261 g/mol. The van der Waals surface area contributed by atoms with Gasteiger partial charge in [0.15, 0.2) is 0 Å². The van der Waals surface area contributed by atoms with Crippen LogP contribution in [0.1, 0.15) is 71.1 Å². The van der Waals surface area contributed by atoms with Crippen LogP contribution in [0.25, 0.3) is 0 Å². The highest BCUT2D eigenvalue weighted by atomic mass is 16.8. The Bertz CT molecular complexity index is 174. The van der Waals surface area contributed by atoms with Crippen LogP contribution in [0.5, 0.6) is 0 Å². The first kappa shape index (κ1) is 17.8. The minimum atomic E-state index is -1.08. The third-order valence-electron chi connectivity index (χ3n) is 3.41. The largest absolute Gasteiger partial charge is 0.598 e. The Morgan fingerprint density at radius 2 is 1.17 bits per heavy atom. The van der Waals surface area contributed by atoms with E-state index in [0.717, 1.165) is 25.7 Å². The molecule has 0 heterocycles. The van der Waals surface area contributed by atoms with Crippen molar-refractivity contribution in [1.82, 2.24) is 0 Å². The number of quaternary nitrogens is 1. The summed E-state index contributed by atoms with van der Waals surface area (Å²) in [5, 5.41) is 29.1. The Labute approximate surface area is 112 Å². The normalized spacial score (nSPS) is 14.7. The Balaban J connectivity index is 3.08.